The topological polar surface area (TPSA) is 89.3 Å². The molecule has 5 rings (SSSR count). The van der Waals surface area contributed by atoms with E-state index in [0.717, 1.165) is 46.1 Å². The van der Waals surface area contributed by atoms with Crippen LogP contribution in [0, 0.1) is 13.8 Å². The molecule has 3 aliphatic heterocycles. The molecule has 0 bridgehead atoms. The van der Waals surface area contributed by atoms with Gasteiger partial charge in [0, 0.05) is 12.1 Å². The highest BCUT2D eigenvalue weighted by molar-refractivity contribution is 8.04. The second-order valence-corrected chi connectivity index (χ2v) is 9.26. The van der Waals surface area contributed by atoms with E-state index in [0.29, 0.717) is 12.3 Å². The van der Waals surface area contributed by atoms with Gasteiger partial charge in [0.15, 0.2) is 6.26 Å². The number of aryl methyl sites for hydroxylation is 2. The van der Waals surface area contributed by atoms with Gasteiger partial charge in [-0.1, -0.05) is 53.8 Å². The fourth-order valence-electron chi connectivity index (χ4n) is 4.34. The Hall–Kier alpha value is -2.94. The number of thioether (sulfide) groups is 1. The van der Waals surface area contributed by atoms with Crippen molar-refractivity contribution in [1.29, 1.82) is 0 Å². The van der Waals surface area contributed by atoms with E-state index in [1.165, 1.54) is 17.3 Å². The predicted octanol–water partition coefficient (Wildman–Crippen LogP) is 4.25. The second kappa shape index (κ2) is 8.54. The van der Waals surface area contributed by atoms with Crippen LogP contribution in [0.1, 0.15) is 30.4 Å². The number of allylic oxidation sites excluding steroid dienone is 4. The van der Waals surface area contributed by atoms with Crippen LogP contribution in [0.15, 0.2) is 81.9 Å². The fraction of sp³-hybridized carbons (Fsp3) is 0.292. The van der Waals surface area contributed by atoms with Gasteiger partial charge >= 0.3 is 0 Å². The lowest BCUT2D eigenvalue weighted by atomic mass is 10.0. The van der Waals surface area contributed by atoms with Crippen LogP contribution >= 0.6 is 11.8 Å². The minimum absolute atomic E-state index is 0.304. The lowest BCUT2D eigenvalue weighted by Gasteiger charge is -2.37. The van der Waals surface area contributed by atoms with Crippen molar-refractivity contribution in [3.05, 3.63) is 88.0 Å². The van der Waals surface area contributed by atoms with Crippen molar-refractivity contribution in [1.82, 2.24) is 4.90 Å². The third kappa shape index (κ3) is 3.74. The van der Waals surface area contributed by atoms with Crippen molar-refractivity contribution in [2.75, 3.05) is 4.90 Å². The van der Waals surface area contributed by atoms with Crippen LogP contribution in [-0.4, -0.2) is 22.9 Å². The number of aliphatic imine (C=N–C) groups is 1. The first-order chi connectivity index (χ1) is 15.5. The summed E-state index contributed by atoms with van der Waals surface area (Å²) >= 11 is 1.51. The average molecular weight is 450 g/mol. The zero-order valence-electron chi connectivity index (χ0n) is 18.2. The van der Waals surface area contributed by atoms with Crippen LogP contribution < -0.4 is 16.4 Å². The van der Waals surface area contributed by atoms with Gasteiger partial charge in [-0.25, -0.2) is 4.99 Å². The highest BCUT2D eigenvalue weighted by Crippen LogP contribution is 2.45. The summed E-state index contributed by atoms with van der Waals surface area (Å²) in [7, 11) is 0. The summed E-state index contributed by atoms with van der Waals surface area (Å²) in [6.07, 6.45) is 13.5. The third-order valence-corrected chi connectivity index (χ3v) is 6.88. The summed E-state index contributed by atoms with van der Waals surface area (Å²) in [6.45, 7) is 4.17. The molecule has 4 N–H and O–H groups in total. The highest BCUT2D eigenvalue weighted by Gasteiger charge is 2.41. The Morgan fingerprint density at radius 1 is 1.19 bits per heavy atom. The van der Waals surface area contributed by atoms with Gasteiger partial charge in [0.25, 0.3) is 0 Å². The molecule has 0 spiro atoms. The molecule has 1 aromatic rings. The molecule has 7 nitrogen and oxygen atoms in total. The summed E-state index contributed by atoms with van der Waals surface area (Å²) in [5.74, 6) is 1.25. The monoisotopic (exact) mass is 449 g/mol. The minimum atomic E-state index is -0.520. The number of ether oxygens (including phenoxy) is 2. The highest BCUT2D eigenvalue weighted by atomic mass is 32.2. The van der Waals surface area contributed by atoms with E-state index in [9.17, 15) is 0 Å². The van der Waals surface area contributed by atoms with Crippen molar-refractivity contribution >= 4 is 23.8 Å². The van der Waals surface area contributed by atoms with Gasteiger partial charge in [0.1, 0.15) is 35.1 Å². The lowest BCUT2D eigenvalue weighted by molar-refractivity contribution is 0.144. The summed E-state index contributed by atoms with van der Waals surface area (Å²) in [5, 5.41) is 0.830. The number of hydrogen-bond acceptors (Lipinski definition) is 8. The van der Waals surface area contributed by atoms with Crippen molar-refractivity contribution in [2.45, 2.75) is 44.8 Å². The molecule has 0 aromatic heterocycles. The number of para-hydroxylation sites is 1. The standard InChI is InChI=1S/C24H27N5O2S/c1-15-7-6-8-16(2)20(15)29-21-22(25)28(14-27-23(21)32-24(29)26)19-13-30-12-18(31-19)11-17-9-4-3-5-10-17/h3-4,6-9,12-14,22,24H,5,10-11,25-26H2,1-2H3. The Kier molecular flexibility index (Phi) is 5.58. The number of benzene rings is 1. The molecule has 8 heteroatoms. The maximum atomic E-state index is 6.76. The van der Waals surface area contributed by atoms with Gasteiger partial charge in [-0.05, 0) is 37.8 Å². The Morgan fingerprint density at radius 2 is 2.00 bits per heavy atom. The molecule has 0 amide bonds. The smallest absolute Gasteiger partial charge is 0.238 e. The lowest BCUT2D eigenvalue weighted by Crippen LogP contribution is -2.50. The van der Waals surface area contributed by atoms with E-state index in [2.05, 4.69) is 54.1 Å². The van der Waals surface area contributed by atoms with Crippen LogP contribution in [0.4, 0.5) is 5.69 Å². The fourth-order valence-corrected chi connectivity index (χ4v) is 5.35. The van der Waals surface area contributed by atoms with Crippen molar-refractivity contribution < 1.29 is 9.47 Å². The number of anilines is 1. The Labute approximate surface area is 192 Å². The third-order valence-electron chi connectivity index (χ3n) is 5.89. The van der Waals surface area contributed by atoms with Gasteiger partial charge in [0.05, 0.1) is 5.70 Å². The molecule has 0 saturated carbocycles. The molecule has 1 aromatic carbocycles. The normalized spacial score (nSPS) is 24.6. The largest absolute Gasteiger partial charge is 0.464 e. The average Bonchev–Trinajstić information content (AvgIpc) is 3.11. The van der Waals surface area contributed by atoms with Crippen LogP contribution in [0.3, 0.4) is 0 Å². The summed E-state index contributed by atoms with van der Waals surface area (Å²) < 4.78 is 11.8. The quantitative estimate of drug-likeness (QED) is 0.710. The molecular formula is C24H27N5O2S. The van der Waals surface area contributed by atoms with Gasteiger partial charge in [-0.15, -0.1) is 0 Å². The summed E-state index contributed by atoms with van der Waals surface area (Å²) in [5.41, 5.74) is 18.5. The summed E-state index contributed by atoms with van der Waals surface area (Å²) in [6, 6.07) is 6.22. The van der Waals surface area contributed by atoms with Crippen molar-refractivity contribution in [3.63, 3.8) is 0 Å². The van der Waals surface area contributed by atoms with Crippen molar-refractivity contribution in [3.8, 4) is 0 Å². The van der Waals surface area contributed by atoms with Gasteiger partial charge in [0.2, 0.25) is 5.88 Å². The molecule has 166 valence electrons. The molecule has 2 atom stereocenters. The minimum Gasteiger partial charge on any atom is -0.464 e. The molecule has 3 heterocycles. The van der Waals surface area contributed by atoms with E-state index in [1.807, 2.05) is 6.07 Å². The van der Waals surface area contributed by atoms with E-state index in [-0.39, 0.29) is 5.50 Å². The van der Waals surface area contributed by atoms with Crippen LogP contribution in [0.5, 0.6) is 0 Å². The van der Waals surface area contributed by atoms with Gasteiger partial charge in [-0.2, -0.15) is 0 Å². The molecule has 0 fully saturated rings. The molecule has 0 radical (unpaired) electrons. The first-order valence-corrected chi connectivity index (χ1v) is 11.6. The van der Waals surface area contributed by atoms with E-state index in [1.54, 1.807) is 23.8 Å². The van der Waals surface area contributed by atoms with Gasteiger partial charge in [-0.3, -0.25) is 4.90 Å². The predicted molar refractivity (Wildman–Crippen MR) is 129 cm³/mol. The van der Waals surface area contributed by atoms with Crippen LogP contribution in [0.25, 0.3) is 0 Å². The number of hydrogen-bond donors (Lipinski definition) is 2. The Morgan fingerprint density at radius 3 is 2.75 bits per heavy atom. The zero-order chi connectivity index (χ0) is 22.2. The van der Waals surface area contributed by atoms with Crippen LogP contribution in [0.2, 0.25) is 0 Å². The molecule has 32 heavy (non-hydrogen) atoms. The van der Waals surface area contributed by atoms with Gasteiger partial charge < -0.3 is 25.8 Å². The first kappa shape index (κ1) is 20.9. The van der Waals surface area contributed by atoms with E-state index in [4.69, 9.17) is 20.9 Å². The van der Waals surface area contributed by atoms with E-state index < -0.39 is 6.17 Å². The Bertz CT molecular complexity index is 1100. The van der Waals surface area contributed by atoms with Crippen LogP contribution in [-0.2, 0) is 9.47 Å². The molecule has 0 saturated heterocycles. The second-order valence-electron chi connectivity index (χ2n) is 8.15. The molecule has 4 aliphatic rings. The number of nitrogens with two attached hydrogens (primary N) is 2. The Balaban J connectivity index is 1.38. The zero-order valence-corrected chi connectivity index (χ0v) is 19.0. The summed E-state index contributed by atoms with van der Waals surface area (Å²) in [4.78, 5) is 8.54. The molecule has 1 aliphatic carbocycles. The number of nitrogens with zero attached hydrogens (tertiary/aromatic N) is 3. The maximum Gasteiger partial charge on any atom is 0.238 e. The molecule has 2 unspecified atom stereocenters. The number of rotatable bonds is 4. The maximum absolute atomic E-state index is 6.76. The SMILES string of the molecule is Cc1cccc(C)c1N1C2=C(N=CN(C3=COC=C(CC4=CC=CCC4)O3)C2N)SC1N. The van der Waals surface area contributed by atoms with Crippen molar-refractivity contribution in [2.24, 2.45) is 16.5 Å². The first-order valence-electron chi connectivity index (χ1n) is 10.7. The van der Waals surface area contributed by atoms with E-state index >= 15 is 0 Å². The molecular weight excluding hydrogens is 422 g/mol.